The number of carbonyl (C=O) groups is 2. The maximum Gasteiger partial charge on any atom is 0.339 e. The predicted octanol–water partition coefficient (Wildman–Crippen LogP) is 6.91. The molecular formula is C36H34N6O3. The van der Waals surface area contributed by atoms with Gasteiger partial charge in [-0.1, -0.05) is 37.3 Å². The van der Waals surface area contributed by atoms with Gasteiger partial charge in [0.25, 0.3) is 0 Å². The van der Waals surface area contributed by atoms with Crippen molar-refractivity contribution in [2.24, 2.45) is 0 Å². The summed E-state index contributed by atoms with van der Waals surface area (Å²) in [6, 6.07) is 19.5. The van der Waals surface area contributed by atoms with Crippen LogP contribution in [0.15, 0.2) is 85.5 Å². The van der Waals surface area contributed by atoms with E-state index >= 15 is 0 Å². The van der Waals surface area contributed by atoms with Crippen molar-refractivity contribution in [2.75, 3.05) is 18.5 Å². The highest BCUT2D eigenvalue weighted by Crippen LogP contribution is 2.33. The van der Waals surface area contributed by atoms with E-state index in [9.17, 15) is 9.59 Å². The topological polar surface area (TPSA) is 110 Å². The molecule has 0 spiro atoms. The van der Waals surface area contributed by atoms with Crippen molar-refractivity contribution in [3.63, 3.8) is 0 Å². The number of anilines is 1. The van der Waals surface area contributed by atoms with Crippen LogP contribution in [0.1, 0.15) is 46.6 Å². The summed E-state index contributed by atoms with van der Waals surface area (Å²) in [5.74, 6) is 0.211. The van der Waals surface area contributed by atoms with Crippen LogP contribution < -0.4 is 5.32 Å². The number of fused-ring (bicyclic) bond motifs is 1. The fourth-order valence-corrected chi connectivity index (χ4v) is 5.53. The summed E-state index contributed by atoms with van der Waals surface area (Å²) in [6.45, 7) is 7.08. The standard InChI is InChI=1S/C36H34N6O3/c1-4-24-15-26(27-17-28(21-38-20-27)35(43)45-5-2)18-29(16-24)39-36(44)42-14-12-32-31(22-42)33(30-11-7-6-9-23(30)3)41-34(40-32)25-10-8-13-37-19-25/h6-11,13,15-21H,4-5,12,14,22H2,1-3H3,(H,39,44). The molecule has 0 saturated heterocycles. The molecule has 6 rings (SSSR count). The Morgan fingerprint density at radius 1 is 0.911 bits per heavy atom. The van der Waals surface area contributed by atoms with Gasteiger partial charge in [-0.15, -0.1) is 0 Å². The van der Waals surface area contributed by atoms with Crippen LogP contribution in [0.4, 0.5) is 10.5 Å². The summed E-state index contributed by atoms with van der Waals surface area (Å²) in [6.07, 6.45) is 8.08. The second-order valence-electron chi connectivity index (χ2n) is 10.9. The van der Waals surface area contributed by atoms with Gasteiger partial charge >= 0.3 is 12.0 Å². The van der Waals surface area contributed by atoms with Crippen molar-refractivity contribution in [2.45, 2.75) is 40.2 Å². The van der Waals surface area contributed by atoms with Crippen LogP contribution in [-0.2, 0) is 24.1 Å². The number of esters is 1. The van der Waals surface area contributed by atoms with Gasteiger partial charge in [0.05, 0.1) is 30.1 Å². The molecule has 0 atom stereocenters. The van der Waals surface area contributed by atoms with Crippen LogP contribution >= 0.6 is 0 Å². The fraction of sp³-hybridized carbons (Fsp3) is 0.222. The number of aromatic nitrogens is 4. The van der Waals surface area contributed by atoms with E-state index in [1.807, 2.05) is 42.5 Å². The first-order valence-corrected chi connectivity index (χ1v) is 15.1. The van der Waals surface area contributed by atoms with Gasteiger partial charge in [0.1, 0.15) is 0 Å². The van der Waals surface area contributed by atoms with E-state index in [0.29, 0.717) is 36.6 Å². The monoisotopic (exact) mass is 598 g/mol. The van der Waals surface area contributed by atoms with E-state index in [1.165, 1.54) is 6.20 Å². The third-order valence-corrected chi connectivity index (χ3v) is 7.90. The first-order chi connectivity index (χ1) is 21.9. The molecule has 45 heavy (non-hydrogen) atoms. The molecule has 0 saturated carbocycles. The number of nitrogens with one attached hydrogen (secondary N) is 1. The summed E-state index contributed by atoms with van der Waals surface area (Å²) in [5, 5.41) is 3.12. The van der Waals surface area contributed by atoms with E-state index in [0.717, 1.165) is 56.8 Å². The number of ether oxygens (including phenoxy) is 1. The van der Waals surface area contributed by atoms with Crippen molar-refractivity contribution in [1.29, 1.82) is 0 Å². The molecule has 0 bridgehead atoms. The number of rotatable bonds is 7. The average Bonchev–Trinajstić information content (AvgIpc) is 3.08. The number of pyridine rings is 2. The number of hydrogen-bond acceptors (Lipinski definition) is 7. The van der Waals surface area contributed by atoms with Crippen molar-refractivity contribution in [3.8, 4) is 33.8 Å². The molecule has 5 aromatic rings. The van der Waals surface area contributed by atoms with Gasteiger partial charge in [-0.3, -0.25) is 9.97 Å². The maximum atomic E-state index is 13.7. The van der Waals surface area contributed by atoms with Crippen LogP contribution in [0.5, 0.6) is 0 Å². The van der Waals surface area contributed by atoms with E-state index in [2.05, 4.69) is 41.3 Å². The van der Waals surface area contributed by atoms with E-state index in [4.69, 9.17) is 14.7 Å². The van der Waals surface area contributed by atoms with Gasteiger partial charge in [0.2, 0.25) is 0 Å². The third-order valence-electron chi connectivity index (χ3n) is 7.90. The third kappa shape index (κ3) is 6.43. The summed E-state index contributed by atoms with van der Waals surface area (Å²) in [7, 11) is 0. The second kappa shape index (κ2) is 13.1. The molecule has 0 fully saturated rings. The molecule has 9 nitrogen and oxygen atoms in total. The maximum absolute atomic E-state index is 13.7. The van der Waals surface area contributed by atoms with Gasteiger partial charge in [-0.2, -0.15) is 0 Å². The van der Waals surface area contributed by atoms with Crippen LogP contribution in [0.25, 0.3) is 33.8 Å². The lowest BCUT2D eigenvalue weighted by molar-refractivity contribution is 0.0526. The zero-order chi connectivity index (χ0) is 31.3. The van der Waals surface area contributed by atoms with Gasteiger partial charge < -0.3 is 15.0 Å². The van der Waals surface area contributed by atoms with E-state index < -0.39 is 5.97 Å². The Balaban J connectivity index is 1.30. The normalized spacial score (nSPS) is 12.4. The molecule has 1 aliphatic rings. The Bertz CT molecular complexity index is 1870. The summed E-state index contributed by atoms with van der Waals surface area (Å²) in [4.78, 5) is 46.3. The number of benzene rings is 2. The lowest BCUT2D eigenvalue weighted by Gasteiger charge is -2.30. The Hall–Kier alpha value is -5.44. The highest BCUT2D eigenvalue weighted by atomic mass is 16.5. The highest BCUT2D eigenvalue weighted by molar-refractivity contribution is 5.92. The molecule has 226 valence electrons. The average molecular weight is 599 g/mol. The zero-order valence-electron chi connectivity index (χ0n) is 25.6. The predicted molar refractivity (Wildman–Crippen MR) is 174 cm³/mol. The Morgan fingerprint density at radius 3 is 2.53 bits per heavy atom. The summed E-state index contributed by atoms with van der Waals surface area (Å²) >= 11 is 0. The number of amides is 2. The van der Waals surface area contributed by atoms with Gasteiger partial charge in [0.15, 0.2) is 5.82 Å². The van der Waals surface area contributed by atoms with E-state index in [1.54, 1.807) is 36.5 Å². The number of carbonyl (C=O) groups excluding carboxylic acids is 2. The SMILES string of the molecule is CCOC(=O)c1cncc(-c2cc(CC)cc(NC(=O)N3CCc4nc(-c5cccnc5)nc(-c5ccccc5C)c4C3)c2)c1. The molecule has 9 heteroatoms. The Labute approximate surface area is 262 Å². The largest absolute Gasteiger partial charge is 0.462 e. The van der Waals surface area contributed by atoms with Gasteiger partial charge in [-0.25, -0.2) is 19.6 Å². The minimum atomic E-state index is -0.418. The van der Waals surface area contributed by atoms with Crippen molar-refractivity contribution in [1.82, 2.24) is 24.8 Å². The second-order valence-corrected chi connectivity index (χ2v) is 10.9. The molecule has 3 aromatic heterocycles. The minimum absolute atomic E-state index is 0.203. The van der Waals surface area contributed by atoms with Crippen LogP contribution in [0.2, 0.25) is 0 Å². The molecule has 0 unspecified atom stereocenters. The summed E-state index contributed by atoms with van der Waals surface area (Å²) < 4.78 is 5.15. The molecule has 1 aliphatic heterocycles. The Kier molecular flexibility index (Phi) is 8.59. The van der Waals surface area contributed by atoms with Crippen LogP contribution in [0.3, 0.4) is 0 Å². The first kappa shape index (κ1) is 29.6. The van der Waals surface area contributed by atoms with E-state index in [-0.39, 0.29) is 12.6 Å². The van der Waals surface area contributed by atoms with Gasteiger partial charge in [0, 0.05) is 65.7 Å². The molecule has 4 heterocycles. The molecular weight excluding hydrogens is 564 g/mol. The molecule has 0 aliphatic carbocycles. The van der Waals surface area contributed by atoms with Crippen LogP contribution in [0, 0.1) is 6.92 Å². The number of nitrogens with zero attached hydrogens (tertiary/aromatic N) is 5. The fourth-order valence-electron chi connectivity index (χ4n) is 5.53. The molecule has 0 radical (unpaired) electrons. The summed E-state index contributed by atoms with van der Waals surface area (Å²) in [5.41, 5.74) is 9.41. The van der Waals surface area contributed by atoms with Crippen molar-refractivity contribution < 1.29 is 14.3 Å². The zero-order valence-corrected chi connectivity index (χ0v) is 25.6. The minimum Gasteiger partial charge on any atom is -0.462 e. The smallest absolute Gasteiger partial charge is 0.339 e. The Morgan fingerprint density at radius 2 is 1.76 bits per heavy atom. The number of urea groups is 1. The van der Waals surface area contributed by atoms with Crippen LogP contribution in [-0.4, -0.2) is 50.0 Å². The lowest BCUT2D eigenvalue weighted by Crippen LogP contribution is -2.39. The number of aryl methyl sites for hydroxylation is 2. The highest BCUT2D eigenvalue weighted by Gasteiger charge is 2.27. The van der Waals surface area contributed by atoms with Crippen molar-refractivity contribution >= 4 is 17.7 Å². The molecule has 1 N–H and O–H groups in total. The quantitative estimate of drug-likeness (QED) is 0.203. The molecule has 2 aromatic carbocycles. The number of hydrogen-bond donors (Lipinski definition) is 1. The molecule has 2 amide bonds. The van der Waals surface area contributed by atoms with Gasteiger partial charge in [-0.05, 0) is 67.3 Å². The van der Waals surface area contributed by atoms with Crippen molar-refractivity contribution in [3.05, 3.63) is 113 Å². The first-order valence-electron chi connectivity index (χ1n) is 15.1. The lowest BCUT2D eigenvalue weighted by atomic mass is 9.96.